The van der Waals surface area contributed by atoms with E-state index >= 15 is 0 Å². The first-order valence-corrected chi connectivity index (χ1v) is 12.1. The van der Waals surface area contributed by atoms with Crippen molar-refractivity contribution in [3.8, 4) is 11.5 Å². The van der Waals surface area contributed by atoms with Gasteiger partial charge in [0.05, 0.1) is 13.7 Å². The molecule has 3 rings (SSSR count). The third-order valence-corrected chi connectivity index (χ3v) is 7.44. The number of ether oxygens (including phenoxy) is 2. The summed E-state index contributed by atoms with van der Waals surface area (Å²) in [6.07, 6.45) is 3.84. The highest BCUT2D eigenvalue weighted by atomic mass is 16.5. The second-order valence-corrected chi connectivity index (χ2v) is 9.82. The van der Waals surface area contributed by atoms with Crippen LogP contribution in [0.1, 0.15) is 70.2 Å². The number of methoxy groups -OCH3 is 1. The number of carbonyl (C=O) groups excluding carboxylic acids is 4. The van der Waals surface area contributed by atoms with E-state index in [1.165, 1.54) is 19.2 Å². The van der Waals surface area contributed by atoms with Gasteiger partial charge in [-0.3, -0.25) is 30.1 Å². The standard InChI is InChI=1S/C25H36N4O6/c1-6-24(3,4)17-10-12-25(13-11-17)22(32)29(23(33)26-25)15-20(30)27-28-21(31)16-8-9-18(35-7-2)19(14-16)34-5/h8-9,14,17H,6-7,10-13,15H2,1-5H3,(H,26,33)(H,27,30)(H,28,31). The van der Waals surface area contributed by atoms with E-state index in [0.29, 0.717) is 36.9 Å². The third-order valence-electron chi connectivity index (χ3n) is 7.44. The molecule has 1 aromatic rings. The van der Waals surface area contributed by atoms with Gasteiger partial charge in [-0.25, -0.2) is 4.79 Å². The Balaban J connectivity index is 1.55. The summed E-state index contributed by atoms with van der Waals surface area (Å²) in [5, 5.41) is 2.83. The summed E-state index contributed by atoms with van der Waals surface area (Å²) in [5.74, 6) is -0.282. The molecule has 0 atom stereocenters. The monoisotopic (exact) mass is 488 g/mol. The van der Waals surface area contributed by atoms with E-state index < -0.39 is 29.9 Å². The van der Waals surface area contributed by atoms with Gasteiger partial charge in [-0.05, 0) is 62.1 Å². The highest BCUT2D eigenvalue weighted by molar-refractivity contribution is 6.09. The number of hydrogen-bond acceptors (Lipinski definition) is 6. The molecule has 0 radical (unpaired) electrons. The fourth-order valence-corrected chi connectivity index (χ4v) is 4.80. The minimum atomic E-state index is -0.945. The predicted molar refractivity (Wildman–Crippen MR) is 129 cm³/mol. The number of hydrazine groups is 1. The molecule has 10 nitrogen and oxygen atoms in total. The first kappa shape index (κ1) is 26.3. The SMILES string of the molecule is CCOc1ccc(C(=O)NNC(=O)CN2C(=O)NC3(CCC(C(C)(C)CC)CC3)C2=O)cc1OC. The molecule has 0 unspecified atom stereocenters. The average molecular weight is 489 g/mol. The lowest BCUT2D eigenvalue weighted by Gasteiger charge is -2.42. The number of imide groups is 1. The number of amides is 5. The lowest BCUT2D eigenvalue weighted by molar-refractivity contribution is -0.136. The minimum absolute atomic E-state index is 0.179. The molecule has 1 saturated carbocycles. The molecule has 3 N–H and O–H groups in total. The Bertz CT molecular complexity index is 984. The second kappa shape index (κ2) is 10.5. The van der Waals surface area contributed by atoms with E-state index in [1.807, 2.05) is 6.92 Å². The zero-order chi connectivity index (χ0) is 25.8. The van der Waals surface area contributed by atoms with Crippen molar-refractivity contribution in [3.63, 3.8) is 0 Å². The number of nitrogens with one attached hydrogen (secondary N) is 3. The van der Waals surface area contributed by atoms with Gasteiger partial charge in [0, 0.05) is 5.56 Å². The molecule has 1 aliphatic carbocycles. The molecule has 1 aromatic carbocycles. The zero-order valence-corrected chi connectivity index (χ0v) is 21.2. The largest absolute Gasteiger partial charge is 0.493 e. The smallest absolute Gasteiger partial charge is 0.325 e. The summed E-state index contributed by atoms with van der Waals surface area (Å²) in [5.41, 5.74) is 4.04. The van der Waals surface area contributed by atoms with Gasteiger partial charge in [0.2, 0.25) is 0 Å². The molecule has 0 bridgehead atoms. The Labute approximate surface area is 206 Å². The molecular formula is C25H36N4O6. The number of carbonyl (C=O) groups is 4. The van der Waals surface area contributed by atoms with Crippen molar-refractivity contribution >= 4 is 23.8 Å². The molecule has 0 aromatic heterocycles. The summed E-state index contributed by atoms with van der Waals surface area (Å²) in [4.78, 5) is 51.5. The van der Waals surface area contributed by atoms with Crippen LogP contribution in [0.2, 0.25) is 0 Å². The summed E-state index contributed by atoms with van der Waals surface area (Å²) in [6, 6.07) is 4.04. The number of rotatable bonds is 8. The molecule has 10 heteroatoms. The zero-order valence-electron chi connectivity index (χ0n) is 21.2. The normalized spacial score (nSPS) is 22.1. The quantitative estimate of drug-likeness (QED) is 0.382. The van der Waals surface area contributed by atoms with E-state index in [1.54, 1.807) is 6.07 Å². The molecule has 1 saturated heterocycles. The van der Waals surface area contributed by atoms with E-state index in [0.717, 1.165) is 24.2 Å². The van der Waals surface area contributed by atoms with Crippen LogP contribution < -0.4 is 25.6 Å². The summed E-state index contributed by atoms with van der Waals surface area (Å²) in [6.45, 7) is 8.43. The van der Waals surface area contributed by atoms with Gasteiger partial charge in [-0.1, -0.05) is 27.2 Å². The van der Waals surface area contributed by atoms with Crippen LogP contribution in [-0.4, -0.2) is 54.5 Å². The lowest BCUT2D eigenvalue weighted by Crippen LogP contribution is -2.51. The lowest BCUT2D eigenvalue weighted by atomic mass is 9.65. The molecule has 192 valence electrons. The fourth-order valence-electron chi connectivity index (χ4n) is 4.80. The summed E-state index contributed by atoms with van der Waals surface area (Å²) < 4.78 is 10.7. The first-order chi connectivity index (χ1) is 16.6. The summed E-state index contributed by atoms with van der Waals surface area (Å²) >= 11 is 0. The van der Waals surface area contributed by atoms with Crippen molar-refractivity contribution in [2.24, 2.45) is 11.3 Å². The number of urea groups is 1. The van der Waals surface area contributed by atoms with E-state index in [4.69, 9.17) is 9.47 Å². The van der Waals surface area contributed by atoms with Gasteiger partial charge in [0.15, 0.2) is 11.5 Å². The van der Waals surface area contributed by atoms with Crippen LogP contribution in [0, 0.1) is 11.3 Å². The van der Waals surface area contributed by atoms with Crippen LogP contribution in [0.3, 0.4) is 0 Å². The predicted octanol–water partition coefficient (Wildman–Crippen LogP) is 2.77. The Hall–Kier alpha value is -3.30. The van der Waals surface area contributed by atoms with Crippen molar-refractivity contribution in [3.05, 3.63) is 23.8 Å². The maximum Gasteiger partial charge on any atom is 0.325 e. The maximum atomic E-state index is 13.1. The van der Waals surface area contributed by atoms with Crippen molar-refractivity contribution in [2.45, 2.75) is 65.3 Å². The number of nitrogens with zero attached hydrogens (tertiary/aromatic N) is 1. The van der Waals surface area contributed by atoms with Crippen molar-refractivity contribution in [2.75, 3.05) is 20.3 Å². The Morgan fingerprint density at radius 2 is 1.83 bits per heavy atom. The van der Waals surface area contributed by atoms with Crippen molar-refractivity contribution in [1.29, 1.82) is 0 Å². The Kier molecular flexibility index (Phi) is 7.92. The average Bonchev–Trinajstić information content (AvgIpc) is 3.06. The topological polar surface area (TPSA) is 126 Å². The third kappa shape index (κ3) is 5.52. The van der Waals surface area contributed by atoms with E-state index in [2.05, 4.69) is 36.9 Å². The van der Waals surface area contributed by atoms with Gasteiger partial charge in [0.25, 0.3) is 17.7 Å². The van der Waals surface area contributed by atoms with Crippen LogP contribution in [0.5, 0.6) is 11.5 Å². The maximum absolute atomic E-state index is 13.1. The van der Waals surface area contributed by atoms with E-state index in [9.17, 15) is 19.2 Å². The van der Waals surface area contributed by atoms with Gasteiger partial charge >= 0.3 is 6.03 Å². The Morgan fingerprint density at radius 1 is 1.14 bits per heavy atom. The molecule has 2 fully saturated rings. The van der Waals surface area contributed by atoms with Crippen molar-refractivity contribution < 1.29 is 28.7 Å². The molecule has 5 amide bonds. The van der Waals surface area contributed by atoms with Crippen LogP contribution in [0.25, 0.3) is 0 Å². The molecule has 1 spiro atoms. The van der Waals surface area contributed by atoms with E-state index in [-0.39, 0.29) is 16.9 Å². The number of benzene rings is 1. The molecule has 35 heavy (non-hydrogen) atoms. The highest BCUT2D eigenvalue weighted by Gasteiger charge is 2.53. The van der Waals surface area contributed by atoms with Gasteiger partial charge in [-0.2, -0.15) is 0 Å². The van der Waals surface area contributed by atoms with Crippen LogP contribution >= 0.6 is 0 Å². The molecule has 2 aliphatic rings. The summed E-state index contributed by atoms with van der Waals surface area (Å²) in [7, 11) is 1.46. The molecular weight excluding hydrogens is 452 g/mol. The Morgan fingerprint density at radius 3 is 2.43 bits per heavy atom. The fraction of sp³-hybridized carbons (Fsp3) is 0.600. The van der Waals surface area contributed by atoms with Crippen LogP contribution in [-0.2, 0) is 9.59 Å². The van der Waals surface area contributed by atoms with Gasteiger partial charge < -0.3 is 14.8 Å². The van der Waals surface area contributed by atoms with Gasteiger partial charge in [0.1, 0.15) is 12.1 Å². The second-order valence-electron chi connectivity index (χ2n) is 9.82. The molecule has 1 heterocycles. The van der Waals surface area contributed by atoms with Gasteiger partial charge in [-0.15, -0.1) is 0 Å². The van der Waals surface area contributed by atoms with Crippen molar-refractivity contribution in [1.82, 2.24) is 21.1 Å². The molecule has 1 aliphatic heterocycles. The first-order valence-electron chi connectivity index (χ1n) is 12.1. The van der Waals surface area contributed by atoms with Crippen LogP contribution in [0.4, 0.5) is 4.79 Å². The number of hydrogen-bond donors (Lipinski definition) is 3. The minimum Gasteiger partial charge on any atom is -0.493 e. The highest BCUT2D eigenvalue weighted by Crippen LogP contribution is 2.45. The van der Waals surface area contributed by atoms with Crippen LogP contribution in [0.15, 0.2) is 18.2 Å².